The first-order valence-electron chi connectivity index (χ1n) is 5.02. The zero-order valence-corrected chi connectivity index (χ0v) is 10.2. The van der Waals surface area contributed by atoms with Crippen molar-refractivity contribution in [1.82, 2.24) is 9.97 Å². The summed E-state index contributed by atoms with van der Waals surface area (Å²) in [5, 5.41) is 12.3. The second-order valence-corrected chi connectivity index (χ2v) is 3.98. The molecule has 5 nitrogen and oxygen atoms in total. The first-order chi connectivity index (χ1) is 7.65. The van der Waals surface area contributed by atoms with Crippen LogP contribution in [0.5, 0.6) is 0 Å². The molecule has 0 saturated heterocycles. The minimum atomic E-state index is 0.136. The van der Waals surface area contributed by atoms with Gasteiger partial charge in [-0.15, -0.1) is 0 Å². The number of rotatable bonds is 6. The van der Waals surface area contributed by atoms with Crippen LogP contribution in [0.4, 0.5) is 5.82 Å². The van der Waals surface area contributed by atoms with E-state index < -0.39 is 0 Å². The van der Waals surface area contributed by atoms with E-state index in [9.17, 15) is 0 Å². The molecule has 0 radical (unpaired) electrons. The summed E-state index contributed by atoms with van der Waals surface area (Å²) >= 11 is 5.84. The Balaban J connectivity index is 2.64. The van der Waals surface area contributed by atoms with Crippen LogP contribution in [0, 0.1) is 5.92 Å². The molecule has 1 aromatic heterocycles. The molecule has 16 heavy (non-hydrogen) atoms. The minimum absolute atomic E-state index is 0.136. The molecule has 1 unspecified atom stereocenters. The number of ether oxygens (including phenoxy) is 1. The van der Waals surface area contributed by atoms with Crippen LogP contribution in [0.15, 0.2) is 6.07 Å². The molecule has 1 heterocycles. The summed E-state index contributed by atoms with van der Waals surface area (Å²) in [6.45, 7) is 3.03. The standard InChI is InChI=1S/C10H16ClN3O2/c1-7(5-15)4-12-9-3-8(11)13-10(14-9)6-16-2/h3,7,15H,4-6H2,1-2H3,(H,12,13,14). The molecule has 1 atom stereocenters. The van der Waals surface area contributed by atoms with Gasteiger partial charge >= 0.3 is 0 Å². The van der Waals surface area contributed by atoms with Crippen molar-refractivity contribution >= 4 is 17.4 Å². The Labute approximate surface area is 99.8 Å². The van der Waals surface area contributed by atoms with Crippen molar-refractivity contribution in [2.45, 2.75) is 13.5 Å². The largest absolute Gasteiger partial charge is 0.396 e. The van der Waals surface area contributed by atoms with Gasteiger partial charge < -0.3 is 15.2 Å². The molecular weight excluding hydrogens is 230 g/mol. The molecule has 2 N–H and O–H groups in total. The maximum Gasteiger partial charge on any atom is 0.158 e. The maximum atomic E-state index is 8.89. The molecule has 0 saturated carbocycles. The van der Waals surface area contributed by atoms with E-state index in [4.69, 9.17) is 21.4 Å². The van der Waals surface area contributed by atoms with E-state index in [0.717, 1.165) is 0 Å². The van der Waals surface area contributed by atoms with Gasteiger partial charge in [0.1, 0.15) is 17.6 Å². The quantitative estimate of drug-likeness (QED) is 0.740. The molecule has 1 rings (SSSR count). The summed E-state index contributed by atoms with van der Waals surface area (Å²) in [4.78, 5) is 8.23. The first kappa shape index (κ1) is 13.2. The number of nitrogens with one attached hydrogen (secondary N) is 1. The van der Waals surface area contributed by atoms with Gasteiger partial charge in [0.15, 0.2) is 5.82 Å². The minimum Gasteiger partial charge on any atom is -0.396 e. The molecule has 0 amide bonds. The fourth-order valence-electron chi connectivity index (χ4n) is 1.09. The Morgan fingerprint density at radius 3 is 2.94 bits per heavy atom. The number of anilines is 1. The highest BCUT2D eigenvalue weighted by atomic mass is 35.5. The van der Waals surface area contributed by atoms with Crippen LogP contribution in [-0.4, -0.2) is 35.3 Å². The van der Waals surface area contributed by atoms with Crippen LogP contribution in [0.2, 0.25) is 5.15 Å². The lowest BCUT2D eigenvalue weighted by Crippen LogP contribution is -2.15. The van der Waals surface area contributed by atoms with Crippen molar-refractivity contribution in [2.24, 2.45) is 5.92 Å². The highest BCUT2D eigenvalue weighted by Gasteiger charge is 2.04. The predicted molar refractivity (Wildman–Crippen MR) is 62.5 cm³/mol. The number of halogens is 1. The molecule has 0 aliphatic heterocycles. The third kappa shape index (κ3) is 4.30. The fraction of sp³-hybridized carbons (Fsp3) is 0.600. The first-order valence-corrected chi connectivity index (χ1v) is 5.40. The number of aliphatic hydroxyl groups excluding tert-OH is 1. The summed E-state index contributed by atoms with van der Waals surface area (Å²) in [6.07, 6.45) is 0. The van der Waals surface area contributed by atoms with Gasteiger partial charge in [0.05, 0.1) is 0 Å². The molecule has 0 spiro atoms. The van der Waals surface area contributed by atoms with Crippen molar-refractivity contribution < 1.29 is 9.84 Å². The van der Waals surface area contributed by atoms with E-state index in [1.807, 2.05) is 6.92 Å². The van der Waals surface area contributed by atoms with Gasteiger partial charge in [0.2, 0.25) is 0 Å². The molecule has 0 aliphatic carbocycles. The van der Waals surface area contributed by atoms with Crippen LogP contribution < -0.4 is 5.32 Å². The molecule has 90 valence electrons. The summed E-state index contributed by atoms with van der Waals surface area (Å²) in [5.41, 5.74) is 0. The second kappa shape index (κ2) is 6.62. The van der Waals surface area contributed by atoms with Gasteiger partial charge in [-0.25, -0.2) is 9.97 Å². The Kier molecular flexibility index (Phi) is 5.45. The van der Waals surface area contributed by atoms with Crippen LogP contribution in [0.25, 0.3) is 0 Å². The highest BCUT2D eigenvalue weighted by molar-refractivity contribution is 6.29. The average molecular weight is 246 g/mol. The van der Waals surface area contributed by atoms with E-state index in [1.54, 1.807) is 13.2 Å². The number of nitrogens with zero attached hydrogens (tertiary/aromatic N) is 2. The third-order valence-corrected chi connectivity index (χ3v) is 2.15. The molecule has 0 bridgehead atoms. The lowest BCUT2D eigenvalue weighted by molar-refractivity contribution is 0.178. The number of aliphatic hydroxyl groups is 1. The molecule has 6 heteroatoms. The van der Waals surface area contributed by atoms with Crippen LogP contribution in [0.3, 0.4) is 0 Å². The van der Waals surface area contributed by atoms with E-state index in [2.05, 4.69) is 15.3 Å². The molecule has 1 aromatic rings. The van der Waals surface area contributed by atoms with Crippen molar-refractivity contribution in [3.05, 3.63) is 17.0 Å². The van der Waals surface area contributed by atoms with Crippen LogP contribution >= 0.6 is 11.6 Å². The fourth-order valence-corrected chi connectivity index (χ4v) is 1.29. The SMILES string of the molecule is COCc1nc(Cl)cc(NCC(C)CO)n1. The predicted octanol–water partition coefficient (Wildman–Crippen LogP) is 1.32. The lowest BCUT2D eigenvalue weighted by atomic mass is 10.2. The lowest BCUT2D eigenvalue weighted by Gasteiger charge is -2.11. The number of hydrogen-bond acceptors (Lipinski definition) is 5. The van der Waals surface area contributed by atoms with E-state index >= 15 is 0 Å². The molecule has 0 aliphatic rings. The van der Waals surface area contributed by atoms with Crippen molar-refractivity contribution in [2.75, 3.05) is 25.6 Å². The Hall–Kier alpha value is -0.910. The average Bonchev–Trinajstić information content (AvgIpc) is 2.25. The molecule has 0 aromatic carbocycles. The second-order valence-electron chi connectivity index (χ2n) is 3.59. The van der Waals surface area contributed by atoms with E-state index in [1.165, 1.54) is 0 Å². The monoisotopic (exact) mass is 245 g/mol. The zero-order valence-electron chi connectivity index (χ0n) is 9.40. The van der Waals surface area contributed by atoms with Gasteiger partial charge in [-0.2, -0.15) is 0 Å². The van der Waals surface area contributed by atoms with Gasteiger partial charge in [-0.3, -0.25) is 0 Å². The maximum absolute atomic E-state index is 8.89. The van der Waals surface area contributed by atoms with Gasteiger partial charge in [0, 0.05) is 26.3 Å². The Bertz CT molecular complexity index is 336. The molecular formula is C10H16ClN3O2. The van der Waals surface area contributed by atoms with Gasteiger partial charge in [-0.1, -0.05) is 18.5 Å². The van der Waals surface area contributed by atoms with Crippen LogP contribution in [0.1, 0.15) is 12.7 Å². The molecule has 0 fully saturated rings. The Morgan fingerprint density at radius 2 is 2.31 bits per heavy atom. The third-order valence-electron chi connectivity index (χ3n) is 1.96. The normalized spacial score (nSPS) is 12.5. The zero-order chi connectivity index (χ0) is 12.0. The van der Waals surface area contributed by atoms with Crippen molar-refractivity contribution in [3.63, 3.8) is 0 Å². The smallest absolute Gasteiger partial charge is 0.158 e. The Morgan fingerprint density at radius 1 is 1.56 bits per heavy atom. The van der Waals surface area contributed by atoms with Crippen molar-refractivity contribution in [1.29, 1.82) is 0 Å². The van der Waals surface area contributed by atoms with Gasteiger partial charge in [0.25, 0.3) is 0 Å². The summed E-state index contributed by atoms with van der Waals surface area (Å²) in [6, 6.07) is 1.64. The van der Waals surface area contributed by atoms with Crippen molar-refractivity contribution in [3.8, 4) is 0 Å². The van der Waals surface area contributed by atoms with E-state index in [0.29, 0.717) is 29.9 Å². The summed E-state index contributed by atoms with van der Waals surface area (Å²) in [7, 11) is 1.57. The highest BCUT2D eigenvalue weighted by Crippen LogP contribution is 2.12. The summed E-state index contributed by atoms with van der Waals surface area (Å²) < 4.78 is 4.93. The number of aromatic nitrogens is 2. The van der Waals surface area contributed by atoms with E-state index in [-0.39, 0.29) is 12.5 Å². The van der Waals surface area contributed by atoms with Gasteiger partial charge in [-0.05, 0) is 5.92 Å². The number of methoxy groups -OCH3 is 1. The topological polar surface area (TPSA) is 67.3 Å². The van der Waals surface area contributed by atoms with Crippen LogP contribution in [-0.2, 0) is 11.3 Å². The number of hydrogen-bond donors (Lipinski definition) is 2. The summed E-state index contributed by atoms with van der Waals surface area (Å²) in [5.74, 6) is 1.35.